The Kier molecular flexibility index (Phi) is 3.84. The van der Waals surface area contributed by atoms with Crippen molar-refractivity contribution in [3.8, 4) is 0 Å². The lowest BCUT2D eigenvalue weighted by molar-refractivity contribution is -0.119. The van der Waals surface area contributed by atoms with E-state index in [0.29, 0.717) is 12.2 Å². The van der Waals surface area contributed by atoms with E-state index < -0.39 is 6.04 Å². The van der Waals surface area contributed by atoms with Gasteiger partial charge < -0.3 is 5.73 Å². The minimum atomic E-state index is -0.496. The van der Waals surface area contributed by atoms with E-state index in [1.54, 1.807) is 11.7 Å². The lowest BCUT2D eigenvalue weighted by Crippen LogP contribution is -2.34. The Morgan fingerprint density at radius 1 is 1.39 bits per heavy atom. The molecule has 0 aliphatic carbocycles. The van der Waals surface area contributed by atoms with Crippen LogP contribution in [0.5, 0.6) is 0 Å². The first-order chi connectivity index (χ1) is 8.66. The molecule has 0 aliphatic heterocycles. The number of ketones is 1. The summed E-state index contributed by atoms with van der Waals surface area (Å²) in [5.41, 5.74) is 6.97. The van der Waals surface area contributed by atoms with E-state index in [-0.39, 0.29) is 12.2 Å². The highest BCUT2D eigenvalue weighted by molar-refractivity contribution is 5.85. The summed E-state index contributed by atoms with van der Waals surface area (Å²) < 4.78 is 1.59. The zero-order valence-corrected chi connectivity index (χ0v) is 10.3. The van der Waals surface area contributed by atoms with Gasteiger partial charge in [0.1, 0.15) is 12.2 Å². The van der Waals surface area contributed by atoms with E-state index in [9.17, 15) is 4.79 Å². The van der Waals surface area contributed by atoms with Crippen LogP contribution in [0.25, 0.3) is 0 Å². The summed E-state index contributed by atoms with van der Waals surface area (Å²) in [5, 5.41) is 3.93. The predicted molar refractivity (Wildman–Crippen MR) is 67.8 cm³/mol. The molecule has 5 nitrogen and oxygen atoms in total. The van der Waals surface area contributed by atoms with Crippen LogP contribution in [0.2, 0.25) is 0 Å². The maximum absolute atomic E-state index is 12.0. The van der Waals surface area contributed by atoms with Crippen molar-refractivity contribution in [3.63, 3.8) is 0 Å². The van der Waals surface area contributed by atoms with Gasteiger partial charge in [-0.1, -0.05) is 30.3 Å². The van der Waals surface area contributed by atoms with E-state index in [1.807, 2.05) is 30.3 Å². The minimum Gasteiger partial charge on any atom is -0.321 e. The van der Waals surface area contributed by atoms with Crippen molar-refractivity contribution in [2.45, 2.75) is 18.9 Å². The average Bonchev–Trinajstić information content (AvgIpc) is 2.76. The molecule has 5 heteroatoms. The molecule has 1 unspecified atom stereocenters. The first-order valence-corrected chi connectivity index (χ1v) is 5.82. The molecule has 94 valence electrons. The van der Waals surface area contributed by atoms with Gasteiger partial charge in [-0.3, -0.25) is 9.48 Å². The van der Waals surface area contributed by atoms with Crippen LogP contribution in [0.15, 0.2) is 36.7 Å². The topological polar surface area (TPSA) is 73.8 Å². The van der Waals surface area contributed by atoms with Crippen molar-refractivity contribution in [1.82, 2.24) is 14.8 Å². The molecular formula is C13H16N4O. The van der Waals surface area contributed by atoms with Crippen molar-refractivity contribution in [1.29, 1.82) is 0 Å². The summed E-state index contributed by atoms with van der Waals surface area (Å²) in [6, 6.07) is 9.26. The molecule has 0 amide bonds. The largest absolute Gasteiger partial charge is 0.321 e. The van der Waals surface area contributed by atoms with Crippen LogP contribution in [-0.4, -0.2) is 26.6 Å². The van der Waals surface area contributed by atoms with Gasteiger partial charge in [0.25, 0.3) is 0 Å². The van der Waals surface area contributed by atoms with Gasteiger partial charge in [-0.2, -0.15) is 5.10 Å². The van der Waals surface area contributed by atoms with Gasteiger partial charge in [0.15, 0.2) is 5.78 Å². The smallest absolute Gasteiger partial charge is 0.157 e. The highest BCUT2D eigenvalue weighted by atomic mass is 16.1. The molecule has 1 aromatic heterocycles. The number of nitrogens with two attached hydrogens (primary N) is 1. The average molecular weight is 244 g/mol. The monoisotopic (exact) mass is 244 g/mol. The molecule has 2 rings (SSSR count). The molecule has 0 spiro atoms. The zero-order valence-electron chi connectivity index (χ0n) is 10.3. The number of carbonyl (C=O) groups excluding carboxylic acids is 1. The molecular weight excluding hydrogens is 228 g/mol. The van der Waals surface area contributed by atoms with Crippen molar-refractivity contribution >= 4 is 5.78 Å². The van der Waals surface area contributed by atoms with Crippen molar-refractivity contribution in [3.05, 3.63) is 48.0 Å². The molecule has 1 heterocycles. The van der Waals surface area contributed by atoms with E-state index in [4.69, 9.17) is 5.73 Å². The van der Waals surface area contributed by atoms with Gasteiger partial charge in [-0.15, -0.1) is 0 Å². The van der Waals surface area contributed by atoms with Crippen molar-refractivity contribution in [2.75, 3.05) is 0 Å². The number of rotatable bonds is 5. The number of nitrogens with zero attached hydrogens (tertiary/aromatic N) is 3. The van der Waals surface area contributed by atoms with Gasteiger partial charge in [0.05, 0.1) is 12.5 Å². The second-order valence-corrected chi connectivity index (χ2v) is 4.24. The first kappa shape index (κ1) is 12.4. The third-order valence-corrected chi connectivity index (χ3v) is 2.85. The van der Waals surface area contributed by atoms with Crippen LogP contribution in [0.3, 0.4) is 0 Å². The first-order valence-electron chi connectivity index (χ1n) is 5.82. The number of aromatic nitrogens is 3. The maximum atomic E-state index is 12.0. The standard InChI is InChI=1S/C13H16N4O/c1-17-13(15-9-16-17)8-12(18)11(14)7-10-5-3-2-4-6-10/h2-6,9,11H,7-8,14H2,1H3. The molecule has 0 saturated carbocycles. The molecule has 2 N–H and O–H groups in total. The Hall–Kier alpha value is -2.01. The molecule has 1 aromatic carbocycles. The lowest BCUT2D eigenvalue weighted by Gasteiger charge is -2.10. The minimum absolute atomic E-state index is 0.0186. The van der Waals surface area contributed by atoms with Gasteiger partial charge in [0, 0.05) is 7.05 Å². The van der Waals surface area contributed by atoms with Crippen LogP contribution >= 0.6 is 0 Å². The van der Waals surface area contributed by atoms with Crippen LogP contribution in [0, 0.1) is 0 Å². The van der Waals surface area contributed by atoms with E-state index in [1.165, 1.54) is 6.33 Å². The Morgan fingerprint density at radius 3 is 2.72 bits per heavy atom. The molecule has 1 atom stereocenters. The van der Waals surface area contributed by atoms with Gasteiger partial charge in [-0.25, -0.2) is 4.98 Å². The van der Waals surface area contributed by atoms with E-state index in [0.717, 1.165) is 5.56 Å². The van der Waals surface area contributed by atoms with Gasteiger partial charge in [0.2, 0.25) is 0 Å². The molecule has 0 fully saturated rings. The van der Waals surface area contributed by atoms with Crippen LogP contribution in [0.1, 0.15) is 11.4 Å². The summed E-state index contributed by atoms with van der Waals surface area (Å²) in [5.74, 6) is 0.624. The van der Waals surface area contributed by atoms with Crippen LogP contribution < -0.4 is 5.73 Å². The molecule has 0 radical (unpaired) electrons. The summed E-state index contributed by atoms with van der Waals surface area (Å²) >= 11 is 0. The number of benzene rings is 1. The highest BCUT2D eigenvalue weighted by Crippen LogP contribution is 2.04. The van der Waals surface area contributed by atoms with Crippen molar-refractivity contribution in [2.24, 2.45) is 12.8 Å². The normalized spacial score (nSPS) is 12.3. The fraction of sp³-hybridized carbons (Fsp3) is 0.308. The number of hydrogen-bond donors (Lipinski definition) is 1. The number of aryl methyl sites for hydroxylation is 1. The number of carbonyl (C=O) groups is 1. The fourth-order valence-electron chi connectivity index (χ4n) is 1.75. The molecule has 0 aliphatic rings. The Bertz CT molecular complexity index is 521. The summed E-state index contributed by atoms with van der Waals surface area (Å²) in [4.78, 5) is 16.0. The SMILES string of the molecule is Cn1ncnc1CC(=O)C(N)Cc1ccccc1. The van der Waals surface area contributed by atoms with Crippen LogP contribution in [0.4, 0.5) is 0 Å². The second-order valence-electron chi connectivity index (χ2n) is 4.24. The summed E-state index contributed by atoms with van der Waals surface area (Å²) in [6.07, 6.45) is 2.22. The molecule has 0 bridgehead atoms. The fourth-order valence-corrected chi connectivity index (χ4v) is 1.75. The van der Waals surface area contributed by atoms with Crippen LogP contribution in [-0.2, 0) is 24.7 Å². The third kappa shape index (κ3) is 3.01. The predicted octanol–water partition coefficient (Wildman–Crippen LogP) is 0.497. The Labute approximate surface area is 106 Å². The van der Waals surface area contributed by atoms with Gasteiger partial charge in [-0.05, 0) is 12.0 Å². The Morgan fingerprint density at radius 2 is 2.11 bits per heavy atom. The van der Waals surface area contributed by atoms with Gasteiger partial charge >= 0.3 is 0 Å². The zero-order chi connectivity index (χ0) is 13.0. The maximum Gasteiger partial charge on any atom is 0.157 e. The highest BCUT2D eigenvalue weighted by Gasteiger charge is 2.16. The molecule has 2 aromatic rings. The molecule has 0 saturated heterocycles. The summed E-state index contributed by atoms with van der Waals surface area (Å²) in [6.45, 7) is 0. The number of Topliss-reactive ketones (excluding diaryl/α,β-unsaturated/α-hetero) is 1. The number of hydrogen-bond acceptors (Lipinski definition) is 4. The molecule has 18 heavy (non-hydrogen) atoms. The lowest BCUT2D eigenvalue weighted by atomic mass is 10.0. The second kappa shape index (κ2) is 5.55. The Balaban J connectivity index is 1.95. The van der Waals surface area contributed by atoms with Crippen molar-refractivity contribution < 1.29 is 4.79 Å². The third-order valence-electron chi connectivity index (χ3n) is 2.85. The van der Waals surface area contributed by atoms with E-state index in [2.05, 4.69) is 10.1 Å². The van der Waals surface area contributed by atoms with E-state index >= 15 is 0 Å². The summed E-state index contributed by atoms with van der Waals surface area (Å²) in [7, 11) is 1.76. The quantitative estimate of drug-likeness (QED) is 0.831.